The molecule has 0 heterocycles. The maximum atomic E-state index is 5.73. The average Bonchev–Trinajstić information content (AvgIpc) is 2.03. The van der Waals surface area contributed by atoms with E-state index in [9.17, 15) is 0 Å². The first kappa shape index (κ1) is 14.4. The summed E-state index contributed by atoms with van der Waals surface area (Å²) in [5.41, 5.74) is 1.08. The molecule has 0 rings (SSSR count). The topological polar surface area (TPSA) is 27.7 Å². The van der Waals surface area contributed by atoms with Gasteiger partial charge in [-0.05, 0) is 0 Å². The third kappa shape index (κ3) is 5.34. The van der Waals surface area contributed by atoms with Crippen LogP contribution in [-0.4, -0.2) is 39.4 Å². The first-order chi connectivity index (χ1) is 6.60. The molecule has 0 spiro atoms. The van der Waals surface area contributed by atoms with Gasteiger partial charge in [-0.3, -0.25) is 0 Å². The van der Waals surface area contributed by atoms with E-state index in [-0.39, 0.29) is 0 Å². The number of allylic oxidation sites excluding steroid dienone is 1. The summed E-state index contributed by atoms with van der Waals surface area (Å²) in [6.45, 7) is 13.8. The SMILES string of the molecule is C=C(C)[CH2][Sn]([O]CC)([O]CC)[O]CC. The molecule has 84 valence electrons. The van der Waals surface area contributed by atoms with Crippen LogP contribution in [0.2, 0.25) is 4.44 Å². The van der Waals surface area contributed by atoms with Crippen LogP contribution in [0.1, 0.15) is 27.7 Å². The van der Waals surface area contributed by atoms with Gasteiger partial charge >= 0.3 is 92.9 Å². The van der Waals surface area contributed by atoms with E-state index in [1.54, 1.807) is 0 Å². The Balaban J connectivity index is 4.45. The van der Waals surface area contributed by atoms with Gasteiger partial charge in [-0.2, -0.15) is 0 Å². The Bertz CT molecular complexity index is 154. The number of hydrogen-bond donors (Lipinski definition) is 0. The average molecular weight is 309 g/mol. The molecule has 0 aromatic rings. The molecule has 0 aliphatic carbocycles. The molecule has 0 aromatic carbocycles. The fourth-order valence-electron chi connectivity index (χ4n) is 1.31. The molecule has 0 aliphatic rings. The Hall–Kier alpha value is 0.419. The third-order valence-corrected chi connectivity index (χ3v) is 10.8. The third-order valence-electron chi connectivity index (χ3n) is 1.61. The first-order valence-corrected chi connectivity index (χ1v) is 10.7. The summed E-state index contributed by atoms with van der Waals surface area (Å²) in [5.74, 6) is 0. The van der Waals surface area contributed by atoms with E-state index in [2.05, 4.69) is 6.58 Å². The summed E-state index contributed by atoms with van der Waals surface area (Å²) >= 11 is -3.24. The van der Waals surface area contributed by atoms with Gasteiger partial charge in [0.15, 0.2) is 0 Å². The Morgan fingerprint density at radius 3 is 1.57 bits per heavy atom. The second-order valence-electron chi connectivity index (χ2n) is 3.12. The Morgan fingerprint density at radius 2 is 1.36 bits per heavy atom. The predicted molar refractivity (Wildman–Crippen MR) is 60.3 cm³/mol. The molecule has 0 aliphatic heterocycles. The molecule has 0 saturated carbocycles. The van der Waals surface area contributed by atoms with Gasteiger partial charge < -0.3 is 0 Å². The molecule has 0 unspecified atom stereocenters. The van der Waals surface area contributed by atoms with Crippen molar-refractivity contribution >= 4 is 19.6 Å². The second kappa shape index (κ2) is 7.68. The van der Waals surface area contributed by atoms with E-state index < -0.39 is 19.6 Å². The van der Waals surface area contributed by atoms with E-state index in [1.807, 2.05) is 27.7 Å². The molecule has 0 atom stereocenters. The Morgan fingerprint density at radius 1 is 1.00 bits per heavy atom. The van der Waals surface area contributed by atoms with Crippen LogP contribution in [0.4, 0.5) is 0 Å². The predicted octanol–water partition coefficient (Wildman–Crippen LogP) is 2.61. The normalized spacial score (nSPS) is 11.7. The molecule has 0 fully saturated rings. The van der Waals surface area contributed by atoms with Crippen molar-refractivity contribution in [2.45, 2.75) is 32.1 Å². The second-order valence-corrected chi connectivity index (χ2v) is 10.5. The number of hydrogen-bond acceptors (Lipinski definition) is 3. The van der Waals surface area contributed by atoms with Crippen molar-refractivity contribution in [3.63, 3.8) is 0 Å². The summed E-state index contributed by atoms with van der Waals surface area (Å²) in [6, 6.07) is 0. The van der Waals surface area contributed by atoms with Crippen molar-refractivity contribution in [3.8, 4) is 0 Å². The first-order valence-electron chi connectivity index (χ1n) is 5.16. The van der Waals surface area contributed by atoms with Crippen molar-refractivity contribution in [2.24, 2.45) is 0 Å². The Kier molecular flexibility index (Phi) is 7.91. The zero-order valence-corrected chi connectivity index (χ0v) is 12.6. The van der Waals surface area contributed by atoms with Crippen molar-refractivity contribution in [1.82, 2.24) is 0 Å². The molecule has 0 aromatic heterocycles. The van der Waals surface area contributed by atoms with Crippen molar-refractivity contribution < 1.29 is 9.22 Å². The number of rotatable bonds is 8. The molecule has 0 bridgehead atoms. The summed E-state index contributed by atoms with van der Waals surface area (Å²) in [4.78, 5) is 0. The van der Waals surface area contributed by atoms with Gasteiger partial charge in [0.1, 0.15) is 0 Å². The fraction of sp³-hybridized carbons (Fsp3) is 0.800. The summed E-state index contributed by atoms with van der Waals surface area (Å²) in [6.07, 6.45) is 0. The van der Waals surface area contributed by atoms with Crippen LogP contribution >= 0.6 is 0 Å². The van der Waals surface area contributed by atoms with Crippen LogP contribution < -0.4 is 0 Å². The molecular weight excluding hydrogens is 287 g/mol. The molecule has 0 N–H and O–H groups in total. The van der Waals surface area contributed by atoms with E-state index in [0.717, 1.165) is 10.0 Å². The van der Waals surface area contributed by atoms with E-state index in [0.29, 0.717) is 19.8 Å². The van der Waals surface area contributed by atoms with Gasteiger partial charge in [-0.25, -0.2) is 0 Å². The molecule has 0 radical (unpaired) electrons. The van der Waals surface area contributed by atoms with Crippen LogP contribution in [0.25, 0.3) is 0 Å². The Labute approximate surface area is 92.9 Å². The van der Waals surface area contributed by atoms with Crippen LogP contribution in [0, 0.1) is 0 Å². The zero-order valence-electron chi connectivity index (χ0n) is 9.76. The van der Waals surface area contributed by atoms with Crippen molar-refractivity contribution in [2.75, 3.05) is 19.8 Å². The minimum atomic E-state index is -3.24. The van der Waals surface area contributed by atoms with Crippen molar-refractivity contribution in [3.05, 3.63) is 12.2 Å². The molecular formula is C10H22O3Sn. The van der Waals surface area contributed by atoms with Gasteiger partial charge in [0.05, 0.1) is 0 Å². The fourth-order valence-corrected chi connectivity index (χ4v) is 8.77. The monoisotopic (exact) mass is 310 g/mol. The minimum absolute atomic E-state index is 0.656. The van der Waals surface area contributed by atoms with Crippen LogP contribution in [0.3, 0.4) is 0 Å². The summed E-state index contributed by atoms with van der Waals surface area (Å²) in [5, 5.41) is 0. The van der Waals surface area contributed by atoms with Crippen molar-refractivity contribution in [1.29, 1.82) is 0 Å². The summed E-state index contributed by atoms with van der Waals surface area (Å²) in [7, 11) is 0. The van der Waals surface area contributed by atoms with Gasteiger partial charge in [0.25, 0.3) is 0 Å². The molecule has 4 heteroatoms. The van der Waals surface area contributed by atoms with Crippen LogP contribution in [-0.2, 0) is 9.22 Å². The summed E-state index contributed by atoms with van der Waals surface area (Å²) < 4.78 is 18.0. The molecule has 3 nitrogen and oxygen atoms in total. The molecule has 0 saturated heterocycles. The quantitative estimate of drug-likeness (QED) is 0.509. The van der Waals surface area contributed by atoms with E-state index in [1.165, 1.54) is 0 Å². The van der Waals surface area contributed by atoms with E-state index in [4.69, 9.17) is 9.22 Å². The van der Waals surface area contributed by atoms with Gasteiger partial charge in [0, 0.05) is 0 Å². The zero-order chi connectivity index (χ0) is 11.0. The van der Waals surface area contributed by atoms with Gasteiger partial charge in [-0.15, -0.1) is 0 Å². The van der Waals surface area contributed by atoms with Crippen LogP contribution in [0.15, 0.2) is 12.2 Å². The standard InChI is InChI=1S/C4H7.3C2H5O.Sn/c1-4(2)3;3*1-2-3;/h1-2H2,3H3;3*2H2,1H3;/q;3*-1;+3. The van der Waals surface area contributed by atoms with Gasteiger partial charge in [0.2, 0.25) is 0 Å². The maximum absolute atomic E-state index is 5.73. The molecule has 14 heavy (non-hydrogen) atoms. The van der Waals surface area contributed by atoms with Crippen LogP contribution in [0.5, 0.6) is 0 Å². The van der Waals surface area contributed by atoms with Gasteiger partial charge in [-0.1, -0.05) is 0 Å². The van der Waals surface area contributed by atoms with E-state index >= 15 is 0 Å². The molecule has 0 amide bonds.